The summed E-state index contributed by atoms with van der Waals surface area (Å²) in [6, 6.07) is 17.7. The number of carbonyl (C=O) groups excluding carboxylic acids is 2. The topological polar surface area (TPSA) is 77.3 Å². The van der Waals surface area contributed by atoms with Gasteiger partial charge in [0.15, 0.2) is 6.10 Å². The van der Waals surface area contributed by atoms with Crippen molar-refractivity contribution in [1.29, 1.82) is 0 Å². The highest BCUT2D eigenvalue weighted by Gasteiger charge is 2.34. The summed E-state index contributed by atoms with van der Waals surface area (Å²) in [6.07, 6.45) is 4.44. The van der Waals surface area contributed by atoms with Crippen molar-refractivity contribution >= 4 is 23.6 Å². The smallest absolute Gasteiger partial charge is 0.331 e. The third kappa shape index (κ3) is 4.71. The van der Waals surface area contributed by atoms with Crippen molar-refractivity contribution in [2.45, 2.75) is 39.0 Å². The van der Waals surface area contributed by atoms with Gasteiger partial charge in [-0.1, -0.05) is 53.7 Å². The minimum atomic E-state index is -0.889. The van der Waals surface area contributed by atoms with Crippen LogP contribution in [0.2, 0.25) is 0 Å². The summed E-state index contributed by atoms with van der Waals surface area (Å²) < 4.78 is 7.03. The summed E-state index contributed by atoms with van der Waals surface area (Å²) in [6.45, 7) is 4.18. The van der Waals surface area contributed by atoms with E-state index >= 15 is 0 Å². The van der Waals surface area contributed by atoms with E-state index in [-0.39, 0.29) is 11.9 Å². The zero-order valence-corrected chi connectivity index (χ0v) is 17.5. The first kappa shape index (κ1) is 20.5. The number of hydrogen-bond donors (Lipinski definition) is 0. The Labute approximate surface area is 180 Å². The lowest BCUT2D eigenvalue weighted by Gasteiger charge is -2.25. The van der Waals surface area contributed by atoms with Gasteiger partial charge in [-0.25, -0.2) is 9.48 Å². The lowest BCUT2D eigenvalue weighted by molar-refractivity contribution is -0.149. The molecular weight excluding hydrogens is 392 g/mol. The zero-order valence-electron chi connectivity index (χ0n) is 17.5. The van der Waals surface area contributed by atoms with E-state index in [0.717, 1.165) is 23.2 Å². The highest BCUT2D eigenvalue weighted by molar-refractivity contribution is 6.00. The number of nitrogens with zero attached hydrogens (tertiary/aromatic N) is 4. The molecule has 4 rings (SSSR count). The fraction of sp³-hybridized carbons (Fsp3) is 0.250. The van der Waals surface area contributed by atoms with Crippen molar-refractivity contribution in [2.24, 2.45) is 0 Å². The van der Waals surface area contributed by atoms with Gasteiger partial charge in [-0.05, 0) is 43.5 Å². The number of amides is 1. The number of hydrogen-bond acceptors (Lipinski definition) is 5. The predicted molar refractivity (Wildman–Crippen MR) is 117 cm³/mol. The lowest BCUT2D eigenvalue weighted by Crippen LogP contribution is -2.43. The first-order valence-corrected chi connectivity index (χ1v) is 10.2. The Morgan fingerprint density at radius 3 is 2.71 bits per heavy atom. The predicted octanol–water partition coefficient (Wildman–Crippen LogP) is 3.25. The normalized spacial score (nSPS) is 16.3. The molecule has 0 N–H and O–H groups in total. The summed E-state index contributed by atoms with van der Waals surface area (Å²) in [7, 11) is 0. The molecule has 7 heteroatoms. The maximum atomic E-state index is 12.9. The maximum absolute atomic E-state index is 12.9. The van der Waals surface area contributed by atoms with E-state index in [4.69, 9.17) is 4.74 Å². The van der Waals surface area contributed by atoms with E-state index in [0.29, 0.717) is 12.2 Å². The monoisotopic (exact) mass is 416 g/mol. The molecular formula is C24H24N4O3. The molecule has 3 aromatic rings. The molecule has 0 unspecified atom stereocenters. The number of para-hydroxylation sites is 1. The van der Waals surface area contributed by atoms with Crippen LogP contribution in [0.5, 0.6) is 0 Å². The van der Waals surface area contributed by atoms with Crippen LogP contribution in [0.1, 0.15) is 30.7 Å². The summed E-state index contributed by atoms with van der Waals surface area (Å²) in [5.74, 6) is -0.827. The summed E-state index contributed by atoms with van der Waals surface area (Å²) in [5.41, 5.74) is 3.65. The van der Waals surface area contributed by atoms with Crippen molar-refractivity contribution in [2.75, 3.05) is 4.90 Å². The average molecular weight is 416 g/mol. The number of benzene rings is 2. The van der Waals surface area contributed by atoms with Crippen molar-refractivity contribution in [1.82, 2.24) is 15.0 Å². The van der Waals surface area contributed by atoms with Crippen LogP contribution in [0.15, 0.2) is 66.9 Å². The molecule has 1 amide bonds. The molecule has 0 fully saturated rings. The number of carbonyl (C=O) groups is 2. The van der Waals surface area contributed by atoms with Crippen molar-refractivity contribution in [3.05, 3.63) is 83.7 Å². The lowest BCUT2D eigenvalue weighted by atomic mass is 10.1. The Kier molecular flexibility index (Phi) is 5.93. The van der Waals surface area contributed by atoms with Crippen LogP contribution >= 0.6 is 0 Å². The molecule has 158 valence electrons. The molecule has 1 aliphatic heterocycles. The second-order valence-electron chi connectivity index (χ2n) is 7.63. The number of anilines is 1. The molecule has 1 aromatic heterocycles. The zero-order chi connectivity index (χ0) is 21.8. The van der Waals surface area contributed by atoms with Crippen molar-refractivity contribution < 1.29 is 14.3 Å². The summed E-state index contributed by atoms with van der Waals surface area (Å²) in [4.78, 5) is 26.9. The van der Waals surface area contributed by atoms with Crippen LogP contribution < -0.4 is 4.90 Å². The minimum Gasteiger partial charge on any atom is -0.449 e. The standard InChI is InChI=1S/C24H24N4O3/c1-17-14-20-10-6-7-11-22(20)28(17)24(30)18(2)31-23(29)13-12-21-16-27(26-25-21)15-19-8-4-3-5-9-19/h3-13,16-18H,14-15H2,1-2H3/b13-12+/t17-,18-/m1/s1. The molecule has 31 heavy (non-hydrogen) atoms. The van der Waals surface area contributed by atoms with E-state index in [2.05, 4.69) is 10.3 Å². The molecule has 0 radical (unpaired) electrons. The van der Waals surface area contributed by atoms with Crippen LogP contribution in [0.25, 0.3) is 6.08 Å². The third-order valence-electron chi connectivity index (χ3n) is 5.22. The van der Waals surface area contributed by atoms with Crippen LogP contribution in [0.3, 0.4) is 0 Å². The molecule has 0 bridgehead atoms. The largest absolute Gasteiger partial charge is 0.449 e. The van der Waals surface area contributed by atoms with Gasteiger partial charge < -0.3 is 9.64 Å². The number of esters is 1. The average Bonchev–Trinajstić information content (AvgIpc) is 3.35. The fourth-order valence-corrected chi connectivity index (χ4v) is 3.75. The van der Waals surface area contributed by atoms with Gasteiger partial charge in [0, 0.05) is 17.8 Å². The van der Waals surface area contributed by atoms with E-state index in [1.165, 1.54) is 12.2 Å². The second-order valence-corrected chi connectivity index (χ2v) is 7.63. The minimum absolute atomic E-state index is 0.0289. The van der Waals surface area contributed by atoms with E-state index in [1.807, 2.05) is 61.5 Å². The molecule has 2 atom stereocenters. The van der Waals surface area contributed by atoms with Gasteiger partial charge in [-0.15, -0.1) is 5.10 Å². The molecule has 0 saturated heterocycles. The van der Waals surface area contributed by atoms with Crippen molar-refractivity contribution in [3.63, 3.8) is 0 Å². The molecule has 1 aliphatic rings. The Balaban J connectivity index is 1.34. The van der Waals surface area contributed by atoms with Gasteiger partial charge in [0.25, 0.3) is 5.91 Å². The summed E-state index contributed by atoms with van der Waals surface area (Å²) >= 11 is 0. The molecule has 0 aliphatic carbocycles. The number of rotatable bonds is 6. The maximum Gasteiger partial charge on any atom is 0.331 e. The molecule has 2 heterocycles. The Morgan fingerprint density at radius 2 is 1.90 bits per heavy atom. The number of ether oxygens (including phenoxy) is 1. The fourth-order valence-electron chi connectivity index (χ4n) is 3.75. The third-order valence-corrected chi connectivity index (χ3v) is 5.22. The Hall–Kier alpha value is -3.74. The van der Waals surface area contributed by atoms with Gasteiger partial charge >= 0.3 is 5.97 Å². The quantitative estimate of drug-likeness (QED) is 0.455. The van der Waals surface area contributed by atoms with Crippen molar-refractivity contribution in [3.8, 4) is 0 Å². The number of aromatic nitrogens is 3. The van der Waals surface area contributed by atoms with Gasteiger partial charge in [-0.2, -0.15) is 0 Å². The van der Waals surface area contributed by atoms with Gasteiger partial charge in [-0.3, -0.25) is 4.79 Å². The first-order chi connectivity index (χ1) is 15.0. The highest BCUT2D eigenvalue weighted by Crippen LogP contribution is 2.32. The van der Waals surface area contributed by atoms with E-state index in [1.54, 1.807) is 22.7 Å². The Bertz CT molecular complexity index is 1110. The Morgan fingerprint density at radius 1 is 1.16 bits per heavy atom. The van der Waals surface area contributed by atoms with Crippen LogP contribution in [-0.4, -0.2) is 39.0 Å². The van der Waals surface area contributed by atoms with E-state index in [9.17, 15) is 9.59 Å². The molecule has 2 aromatic carbocycles. The highest BCUT2D eigenvalue weighted by atomic mass is 16.5. The summed E-state index contributed by atoms with van der Waals surface area (Å²) in [5, 5.41) is 8.10. The SMILES string of the molecule is C[C@@H]1Cc2ccccc2N1C(=O)[C@@H](C)OC(=O)/C=C/c1cn(Cc2ccccc2)nn1. The van der Waals surface area contributed by atoms with Crippen LogP contribution in [0, 0.1) is 0 Å². The van der Waals surface area contributed by atoms with Crippen LogP contribution in [0.4, 0.5) is 5.69 Å². The molecule has 0 spiro atoms. The molecule has 7 nitrogen and oxygen atoms in total. The van der Waals surface area contributed by atoms with Gasteiger partial charge in [0.1, 0.15) is 5.69 Å². The number of fused-ring (bicyclic) bond motifs is 1. The van der Waals surface area contributed by atoms with Gasteiger partial charge in [0.2, 0.25) is 0 Å². The molecule has 0 saturated carbocycles. The second kappa shape index (κ2) is 8.95. The first-order valence-electron chi connectivity index (χ1n) is 10.2. The van der Waals surface area contributed by atoms with Gasteiger partial charge in [0.05, 0.1) is 12.7 Å². The van der Waals surface area contributed by atoms with Crippen LogP contribution in [-0.2, 0) is 27.3 Å². The van der Waals surface area contributed by atoms with E-state index < -0.39 is 12.1 Å².